The molecule has 0 bridgehead atoms. The molecule has 0 radical (unpaired) electrons. The Labute approximate surface area is 218 Å². The third-order valence-electron chi connectivity index (χ3n) is 5.44. The molecule has 2 heterocycles. The third-order valence-corrected chi connectivity index (χ3v) is 5.44. The van der Waals surface area contributed by atoms with Gasteiger partial charge in [0.15, 0.2) is 5.65 Å². The maximum atomic E-state index is 15.3. The highest BCUT2D eigenvalue weighted by Gasteiger charge is 2.22. The van der Waals surface area contributed by atoms with Gasteiger partial charge in [-0.3, -0.25) is 4.79 Å². The fourth-order valence-electron chi connectivity index (χ4n) is 3.85. The van der Waals surface area contributed by atoms with Crippen LogP contribution in [0.15, 0.2) is 66.5 Å². The lowest BCUT2D eigenvalue weighted by Crippen LogP contribution is -2.38. The van der Waals surface area contributed by atoms with Crippen LogP contribution in [0.1, 0.15) is 20.8 Å². The highest BCUT2D eigenvalue weighted by Crippen LogP contribution is 2.34. The van der Waals surface area contributed by atoms with Crippen LogP contribution in [0.2, 0.25) is 0 Å². The monoisotopic (exact) mass is 514 g/mol. The van der Waals surface area contributed by atoms with Crippen LogP contribution in [-0.2, 0) is 11.3 Å². The quantitative estimate of drug-likeness (QED) is 0.237. The predicted molar refractivity (Wildman–Crippen MR) is 141 cm³/mol. The topological polar surface area (TPSA) is 158 Å². The Kier molecular flexibility index (Phi) is 7.36. The number of anilines is 1. The Morgan fingerprint density at radius 1 is 1.24 bits per heavy atom. The molecule has 0 aliphatic rings. The van der Waals surface area contributed by atoms with Crippen molar-refractivity contribution >= 4 is 22.8 Å². The molecule has 0 saturated heterocycles. The normalized spacial score (nSPS) is 12.7. The van der Waals surface area contributed by atoms with E-state index in [4.69, 9.17) is 16.2 Å². The van der Waals surface area contributed by atoms with Crippen molar-refractivity contribution in [3.05, 3.63) is 72.3 Å². The Hall–Kier alpha value is -4.82. The van der Waals surface area contributed by atoms with Gasteiger partial charge in [0.1, 0.15) is 46.8 Å². The second-order valence-corrected chi connectivity index (χ2v) is 9.41. The maximum absolute atomic E-state index is 15.3. The van der Waals surface area contributed by atoms with Gasteiger partial charge in [-0.25, -0.2) is 19.0 Å². The maximum Gasteiger partial charge on any atom is 0.261 e. The van der Waals surface area contributed by atoms with E-state index in [1.165, 1.54) is 23.2 Å². The lowest BCUT2D eigenvalue weighted by molar-refractivity contribution is -0.117. The number of fused-ring (bicyclic) bond motifs is 1. The molecule has 194 valence electrons. The van der Waals surface area contributed by atoms with Crippen LogP contribution in [0.5, 0.6) is 11.5 Å². The van der Waals surface area contributed by atoms with Crippen molar-refractivity contribution in [1.29, 1.82) is 5.26 Å². The van der Waals surface area contributed by atoms with Crippen molar-refractivity contribution in [2.24, 2.45) is 5.73 Å². The molecule has 38 heavy (non-hydrogen) atoms. The predicted octanol–water partition coefficient (Wildman–Crippen LogP) is 3.70. The highest BCUT2D eigenvalue weighted by molar-refractivity contribution is 5.99. The number of nitrogens with one attached hydrogen (secondary N) is 1. The number of nitrogens with two attached hydrogens (primary N) is 2. The van der Waals surface area contributed by atoms with Crippen LogP contribution < -0.4 is 21.5 Å². The molecule has 2 aromatic carbocycles. The number of nitrogens with zero attached hydrogens (tertiary/aromatic N) is 5. The number of carbonyl (C=O) groups excluding carboxylic acids is 1. The largest absolute Gasteiger partial charge is 0.457 e. The Bertz CT molecular complexity index is 1550. The minimum atomic E-state index is -0.834. The molecule has 10 nitrogen and oxygen atoms in total. The van der Waals surface area contributed by atoms with Gasteiger partial charge in [-0.15, -0.1) is 0 Å². The van der Waals surface area contributed by atoms with Crippen LogP contribution in [0.3, 0.4) is 0 Å². The standard InChI is InChI=1S/C27H27FN8O2/c1-16(34-26(37)17(13-29)12-27(2,3)31)14-36-25-22(24(30)32-15-33-25)23(35-36)20-10-9-19(11-21(20)28)38-18-7-5-4-6-8-18/h4-12,15-16H,14,31H2,1-3H3,(H,34,37)(H2,30,32,33)/b17-12+. The van der Waals surface area contributed by atoms with Crippen molar-refractivity contribution in [3.63, 3.8) is 0 Å². The van der Waals surface area contributed by atoms with E-state index in [1.807, 2.05) is 24.3 Å². The first kappa shape index (κ1) is 26.2. The molecule has 4 aromatic rings. The third kappa shape index (κ3) is 5.93. The molecule has 11 heteroatoms. The molecule has 1 amide bonds. The number of hydrogen-bond donors (Lipinski definition) is 3. The number of aromatic nitrogens is 4. The van der Waals surface area contributed by atoms with Gasteiger partial charge in [-0.2, -0.15) is 10.4 Å². The Morgan fingerprint density at radius 2 is 1.97 bits per heavy atom. The van der Waals surface area contributed by atoms with Crippen molar-refractivity contribution in [1.82, 2.24) is 25.1 Å². The zero-order chi connectivity index (χ0) is 27.4. The Morgan fingerprint density at radius 3 is 2.63 bits per heavy atom. The van der Waals surface area contributed by atoms with E-state index in [2.05, 4.69) is 20.4 Å². The number of ether oxygens (including phenoxy) is 1. The van der Waals surface area contributed by atoms with Gasteiger partial charge < -0.3 is 21.5 Å². The van der Waals surface area contributed by atoms with E-state index >= 15 is 4.39 Å². The fourth-order valence-corrected chi connectivity index (χ4v) is 3.85. The zero-order valence-corrected chi connectivity index (χ0v) is 21.1. The molecule has 0 aliphatic heterocycles. The summed E-state index contributed by atoms with van der Waals surface area (Å²) >= 11 is 0. The molecule has 2 aromatic heterocycles. The SMILES string of the molecule is CC(Cn1nc(-c2ccc(Oc3ccccc3)cc2F)c2c(N)ncnc21)NC(=O)/C(C#N)=C/C(C)(C)N. The van der Waals surface area contributed by atoms with Gasteiger partial charge in [0.05, 0.1) is 11.9 Å². The zero-order valence-electron chi connectivity index (χ0n) is 21.1. The lowest BCUT2D eigenvalue weighted by Gasteiger charge is -2.16. The minimum absolute atomic E-state index is 0.0955. The first-order valence-electron chi connectivity index (χ1n) is 11.8. The van der Waals surface area contributed by atoms with Gasteiger partial charge in [0.25, 0.3) is 5.91 Å². The number of amides is 1. The number of nitrogen functional groups attached to an aromatic ring is 1. The second-order valence-electron chi connectivity index (χ2n) is 9.41. The van der Waals surface area contributed by atoms with Crippen molar-refractivity contribution in [2.75, 3.05) is 5.73 Å². The number of hydrogen-bond acceptors (Lipinski definition) is 8. The molecule has 1 unspecified atom stereocenters. The van der Waals surface area contributed by atoms with Crippen molar-refractivity contribution in [3.8, 4) is 28.8 Å². The number of carbonyl (C=O) groups is 1. The number of benzene rings is 2. The highest BCUT2D eigenvalue weighted by atomic mass is 19.1. The van der Waals surface area contributed by atoms with E-state index in [1.54, 1.807) is 45.0 Å². The number of halogens is 1. The Balaban J connectivity index is 1.63. The van der Waals surface area contributed by atoms with Gasteiger partial charge >= 0.3 is 0 Å². The van der Waals surface area contributed by atoms with Gasteiger partial charge in [0.2, 0.25) is 0 Å². The summed E-state index contributed by atoms with van der Waals surface area (Å²) in [5.74, 6) is -0.0970. The van der Waals surface area contributed by atoms with Crippen LogP contribution in [0.25, 0.3) is 22.3 Å². The lowest BCUT2D eigenvalue weighted by atomic mass is 10.0. The van der Waals surface area contributed by atoms with E-state index in [9.17, 15) is 10.1 Å². The minimum Gasteiger partial charge on any atom is -0.457 e. The number of nitriles is 1. The molecule has 0 fully saturated rings. The number of para-hydroxylation sites is 1. The summed E-state index contributed by atoms with van der Waals surface area (Å²) in [6, 6.07) is 14.9. The smallest absolute Gasteiger partial charge is 0.261 e. The van der Waals surface area contributed by atoms with Crippen LogP contribution in [-0.4, -0.2) is 37.2 Å². The average molecular weight is 515 g/mol. The van der Waals surface area contributed by atoms with Crippen LogP contribution in [0, 0.1) is 17.1 Å². The van der Waals surface area contributed by atoms with Crippen LogP contribution in [0.4, 0.5) is 10.2 Å². The van der Waals surface area contributed by atoms with E-state index < -0.39 is 23.3 Å². The summed E-state index contributed by atoms with van der Waals surface area (Å²) in [5, 5.41) is 17.1. The first-order valence-corrected chi connectivity index (χ1v) is 11.8. The van der Waals surface area contributed by atoms with Gasteiger partial charge in [-0.05, 0) is 51.1 Å². The summed E-state index contributed by atoms with van der Waals surface area (Å²) in [6.45, 7) is 5.28. The second kappa shape index (κ2) is 10.7. The van der Waals surface area contributed by atoms with Crippen molar-refractivity contribution in [2.45, 2.75) is 38.9 Å². The first-order chi connectivity index (χ1) is 18.1. The molecule has 5 N–H and O–H groups in total. The summed E-state index contributed by atoms with van der Waals surface area (Å²) in [7, 11) is 0. The average Bonchev–Trinajstić information content (AvgIpc) is 3.21. The molecule has 4 rings (SSSR count). The molecular formula is C27H27FN8O2. The van der Waals surface area contributed by atoms with E-state index in [0.717, 1.165) is 0 Å². The molecule has 0 saturated carbocycles. The van der Waals surface area contributed by atoms with E-state index in [-0.39, 0.29) is 29.2 Å². The molecule has 0 spiro atoms. The fraction of sp³-hybridized carbons (Fsp3) is 0.222. The summed E-state index contributed by atoms with van der Waals surface area (Å²) < 4.78 is 22.5. The van der Waals surface area contributed by atoms with E-state index in [0.29, 0.717) is 22.5 Å². The van der Waals surface area contributed by atoms with Gasteiger partial charge in [-0.1, -0.05) is 18.2 Å². The van der Waals surface area contributed by atoms with Crippen LogP contribution >= 0.6 is 0 Å². The van der Waals surface area contributed by atoms with Crippen molar-refractivity contribution < 1.29 is 13.9 Å². The summed E-state index contributed by atoms with van der Waals surface area (Å²) in [5.41, 5.74) is 11.9. The summed E-state index contributed by atoms with van der Waals surface area (Å²) in [6.07, 6.45) is 2.69. The number of rotatable bonds is 8. The molecule has 0 aliphatic carbocycles. The summed E-state index contributed by atoms with van der Waals surface area (Å²) in [4.78, 5) is 20.9. The van der Waals surface area contributed by atoms with Gasteiger partial charge in [0, 0.05) is 23.2 Å². The molecular weight excluding hydrogens is 487 g/mol. The molecule has 1 atom stereocenters.